The monoisotopic (exact) mass is 373 g/mol. The highest BCUT2D eigenvalue weighted by Crippen LogP contribution is 2.46. The molecule has 2 amide bonds. The number of para-hydroxylation sites is 1. The molecule has 1 atom stereocenters. The van der Waals surface area contributed by atoms with Gasteiger partial charge in [0.15, 0.2) is 0 Å². The van der Waals surface area contributed by atoms with Crippen LogP contribution >= 0.6 is 0 Å². The normalized spacial score (nSPS) is 19.8. The molecule has 2 aliphatic rings. The molecule has 3 aromatic carbocycles. The van der Waals surface area contributed by atoms with Gasteiger partial charge in [-0.2, -0.15) is 0 Å². The zero-order valence-electron chi connectivity index (χ0n) is 14.8. The van der Waals surface area contributed by atoms with E-state index >= 15 is 0 Å². The number of rotatable bonds is 2. The van der Waals surface area contributed by atoms with Crippen molar-refractivity contribution in [3.8, 4) is 0 Å². The van der Waals surface area contributed by atoms with Crippen LogP contribution in [0.3, 0.4) is 0 Å². The summed E-state index contributed by atoms with van der Waals surface area (Å²) in [5.74, 6) is -1.12. The van der Waals surface area contributed by atoms with Gasteiger partial charge >= 0.3 is 0 Å². The Hall–Kier alpha value is -3.67. The van der Waals surface area contributed by atoms with Crippen molar-refractivity contribution in [1.29, 1.82) is 0 Å². The molecule has 2 N–H and O–H groups in total. The minimum absolute atomic E-state index is 0.227. The predicted octanol–water partition coefficient (Wildman–Crippen LogP) is 3.70. The molecule has 138 valence electrons. The van der Waals surface area contributed by atoms with Gasteiger partial charge in [-0.25, -0.2) is 4.39 Å². The summed E-state index contributed by atoms with van der Waals surface area (Å²) in [4.78, 5) is 28.1. The van der Waals surface area contributed by atoms with E-state index in [-0.39, 0.29) is 12.5 Å². The third-order valence-electron chi connectivity index (χ3n) is 5.25. The molecule has 28 heavy (non-hydrogen) atoms. The lowest BCUT2D eigenvalue weighted by atomic mass is 9.92. The number of carbonyl (C=O) groups is 2. The predicted molar refractivity (Wildman–Crippen MR) is 103 cm³/mol. The zero-order chi connectivity index (χ0) is 19.3. The Labute approximate surface area is 160 Å². The Balaban J connectivity index is 1.72. The molecule has 0 saturated heterocycles. The van der Waals surface area contributed by atoms with Crippen molar-refractivity contribution in [2.75, 3.05) is 10.6 Å². The lowest BCUT2D eigenvalue weighted by Gasteiger charge is -2.44. The molecule has 0 fully saturated rings. The quantitative estimate of drug-likeness (QED) is 0.720. The average molecular weight is 373 g/mol. The molecule has 0 radical (unpaired) electrons. The topological polar surface area (TPSA) is 61.4 Å². The maximum atomic E-state index is 13.8. The number of amides is 2. The van der Waals surface area contributed by atoms with Gasteiger partial charge in [-0.15, -0.1) is 0 Å². The summed E-state index contributed by atoms with van der Waals surface area (Å²) in [6, 6.07) is 20.7. The molecular weight excluding hydrogens is 357 g/mol. The first-order valence-electron chi connectivity index (χ1n) is 8.94. The van der Waals surface area contributed by atoms with Crippen molar-refractivity contribution in [1.82, 2.24) is 4.90 Å². The fraction of sp³-hybridized carbons (Fsp3) is 0.0909. The Morgan fingerprint density at radius 3 is 2.46 bits per heavy atom. The van der Waals surface area contributed by atoms with Gasteiger partial charge in [0.25, 0.3) is 11.8 Å². The summed E-state index contributed by atoms with van der Waals surface area (Å²) in [7, 11) is 0. The summed E-state index contributed by atoms with van der Waals surface area (Å²) in [5, 5.41) is 6.00. The molecule has 0 aromatic heterocycles. The van der Waals surface area contributed by atoms with Gasteiger partial charge in [-0.3, -0.25) is 14.5 Å². The van der Waals surface area contributed by atoms with Crippen LogP contribution in [0.1, 0.15) is 21.5 Å². The van der Waals surface area contributed by atoms with Gasteiger partial charge in [-0.1, -0.05) is 42.5 Å². The van der Waals surface area contributed by atoms with Crippen LogP contribution in [0.5, 0.6) is 0 Å². The highest BCUT2D eigenvalue weighted by Gasteiger charge is 2.56. The number of nitrogens with one attached hydrogen (secondary N) is 2. The maximum Gasteiger partial charge on any atom is 0.276 e. The van der Waals surface area contributed by atoms with Gasteiger partial charge in [0, 0.05) is 17.8 Å². The molecule has 3 aromatic rings. The van der Waals surface area contributed by atoms with Crippen molar-refractivity contribution < 1.29 is 14.0 Å². The van der Waals surface area contributed by atoms with Crippen LogP contribution in [-0.2, 0) is 17.0 Å². The van der Waals surface area contributed by atoms with Gasteiger partial charge < -0.3 is 10.6 Å². The molecule has 0 bridgehead atoms. The van der Waals surface area contributed by atoms with Crippen molar-refractivity contribution in [2.24, 2.45) is 0 Å². The molecular formula is C22H16FN3O2. The van der Waals surface area contributed by atoms with Crippen LogP contribution in [0.2, 0.25) is 0 Å². The Morgan fingerprint density at radius 2 is 1.64 bits per heavy atom. The van der Waals surface area contributed by atoms with E-state index in [2.05, 4.69) is 10.6 Å². The lowest BCUT2D eigenvalue weighted by Crippen LogP contribution is -2.60. The van der Waals surface area contributed by atoms with Crippen LogP contribution in [0.4, 0.5) is 15.8 Å². The second-order valence-corrected chi connectivity index (χ2v) is 6.90. The number of hydrogen-bond acceptors (Lipinski definition) is 3. The Bertz CT molecular complexity index is 1120. The Kier molecular flexibility index (Phi) is 3.49. The van der Waals surface area contributed by atoms with Crippen LogP contribution in [0.15, 0.2) is 72.8 Å². The largest absolute Gasteiger partial charge is 0.350 e. The molecule has 6 heteroatoms. The van der Waals surface area contributed by atoms with Crippen LogP contribution in [-0.4, -0.2) is 16.7 Å². The van der Waals surface area contributed by atoms with E-state index < -0.39 is 17.4 Å². The molecule has 0 aliphatic carbocycles. The number of nitrogens with zero attached hydrogens (tertiary/aromatic N) is 1. The number of hydrogen-bond donors (Lipinski definition) is 2. The summed E-state index contributed by atoms with van der Waals surface area (Å²) < 4.78 is 13.8. The fourth-order valence-corrected chi connectivity index (χ4v) is 3.96. The molecule has 0 saturated carbocycles. The second-order valence-electron chi connectivity index (χ2n) is 6.90. The maximum absolute atomic E-state index is 13.8. The fourth-order valence-electron chi connectivity index (χ4n) is 3.96. The highest BCUT2D eigenvalue weighted by molar-refractivity contribution is 6.14. The third kappa shape index (κ3) is 2.24. The molecule has 0 unspecified atom stereocenters. The number of carbonyl (C=O) groups excluding carboxylic acids is 2. The number of benzene rings is 3. The molecule has 5 rings (SSSR count). The number of fused-ring (bicyclic) bond motifs is 3. The molecule has 1 spiro atoms. The smallest absolute Gasteiger partial charge is 0.276 e. The first-order chi connectivity index (χ1) is 13.6. The first kappa shape index (κ1) is 16.5. The summed E-state index contributed by atoms with van der Waals surface area (Å²) >= 11 is 0. The zero-order valence-corrected chi connectivity index (χ0v) is 14.8. The lowest BCUT2D eigenvalue weighted by molar-refractivity contribution is -0.125. The highest BCUT2D eigenvalue weighted by atomic mass is 19.1. The van der Waals surface area contributed by atoms with Crippen LogP contribution < -0.4 is 10.6 Å². The van der Waals surface area contributed by atoms with Gasteiger partial charge in [0.1, 0.15) is 5.82 Å². The average Bonchev–Trinajstić information content (AvgIpc) is 2.97. The molecule has 2 heterocycles. The van der Waals surface area contributed by atoms with E-state index in [0.29, 0.717) is 22.5 Å². The summed E-state index contributed by atoms with van der Waals surface area (Å²) in [5.41, 5.74) is 1.40. The van der Waals surface area contributed by atoms with Crippen molar-refractivity contribution in [2.45, 2.75) is 12.2 Å². The minimum atomic E-state index is -1.44. The second kappa shape index (κ2) is 5.92. The Morgan fingerprint density at radius 1 is 0.893 bits per heavy atom. The van der Waals surface area contributed by atoms with Gasteiger partial charge in [0.2, 0.25) is 5.66 Å². The van der Waals surface area contributed by atoms with Gasteiger partial charge in [-0.05, 0) is 35.9 Å². The third-order valence-corrected chi connectivity index (χ3v) is 5.25. The van der Waals surface area contributed by atoms with E-state index in [4.69, 9.17) is 0 Å². The van der Waals surface area contributed by atoms with Gasteiger partial charge in [0.05, 0.1) is 11.3 Å². The van der Waals surface area contributed by atoms with E-state index in [9.17, 15) is 14.0 Å². The van der Waals surface area contributed by atoms with E-state index in [1.807, 2.05) is 30.3 Å². The van der Waals surface area contributed by atoms with Crippen molar-refractivity contribution >= 4 is 23.2 Å². The van der Waals surface area contributed by atoms with Crippen LogP contribution in [0, 0.1) is 5.82 Å². The summed E-state index contributed by atoms with van der Waals surface area (Å²) in [6.45, 7) is 0.227. The summed E-state index contributed by atoms with van der Waals surface area (Å²) in [6.07, 6.45) is 0. The van der Waals surface area contributed by atoms with E-state index in [0.717, 1.165) is 5.56 Å². The van der Waals surface area contributed by atoms with E-state index in [1.165, 1.54) is 17.0 Å². The standard InChI is InChI=1S/C22H16FN3O2/c23-15-10-11-17-19(12-15)24-21(28)22(17)25-18-9-5-4-8-16(18)20(27)26(22)13-14-6-2-1-3-7-14/h1-12,25H,13H2,(H,24,28)/t22-/m1/s1. The SMILES string of the molecule is O=C1c2ccccc2N[C@@]2(C(=O)Nc3cc(F)ccc32)N1Cc1ccccc1. The van der Waals surface area contributed by atoms with Crippen LogP contribution in [0.25, 0.3) is 0 Å². The van der Waals surface area contributed by atoms with Crippen molar-refractivity contribution in [3.05, 3.63) is 95.3 Å². The first-order valence-corrected chi connectivity index (χ1v) is 8.94. The number of halogens is 1. The van der Waals surface area contributed by atoms with E-state index in [1.54, 1.807) is 30.3 Å². The minimum Gasteiger partial charge on any atom is -0.350 e. The molecule has 2 aliphatic heterocycles. The number of anilines is 2. The molecule has 5 nitrogen and oxygen atoms in total. The van der Waals surface area contributed by atoms with Crippen molar-refractivity contribution in [3.63, 3.8) is 0 Å².